The summed E-state index contributed by atoms with van der Waals surface area (Å²) in [4.78, 5) is 16.0. The van der Waals surface area contributed by atoms with Gasteiger partial charge in [-0.2, -0.15) is 0 Å². The predicted molar refractivity (Wildman–Crippen MR) is 76.3 cm³/mol. The third-order valence-corrected chi connectivity index (χ3v) is 3.10. The molecule has 0 amide bonds. The molecule has 0 aliphatic rings. The molecule has 1 aromatic carbocycles. The van der Waals surface area contributed by atoms with Crippen molar-refractivity contribution >= 4 is 11.6 Å². The van der Waals surface area contributed by atoms with Gasteiger partial charge in [0, 0.05) is 6.20 Å². The largest absolute Gasteiger partial charge is 0.496 e. The van der Waals surface area contributed by atoms with Crippen LogP contribution in [0, 0.1) is 0 Å². The minimum Gasteiger partial charge on any atom is -0.496 e. The van der Waals surface area contributed by atoms with Gasteiger partial charge in [0.2, 0.25) is 0 Å². The molecular weight excluding hydrogens is 270 g/mol. The predicted octanol–water partition coefficient (Wildman–Crippen LogP) is 2.19. The molecule has 106 valence electrons. The van der Waals surface area contributed by atoms with E-state index in [1.165, 1.54) is 7.11 Å². The van der Waals surface area contributed by atoms with Crippen LogP contribution in [0.25, 0.3) is 17.0 Å². The highest BCUT2D eigenvalue weighted by molar-refractivity contribution is 5.89. The molecule has 0 fully saturated rings. The van der Waals surface area contributed by atoms with Gasteiger partial charge in [-0.25, -0.2) is 14.3 Å². The summed E-state index contributed by atoms with van der Waals surface area (Å²) in [6.07, 6.45) is 1.59. The molecule has 0 bridgehead atoms. The number of hydrogen-bond acceptors (Lipinski definition) is 5. The molecule has 3 rings (SSSR count). The fraction of sp³-hybridized carbons (Fsp3) is 0.133. The van der Waals surface area contributed by atoms with E-state index in [1.807, 2.05) is 24.3 Å². The standard InChI is InChI=1S/C15H13N3O3/c1-20-12-6-4-3-5-11(12)14-16-13-8-7-10(15(19)21-2)9-18(13)17-14/h3-9H,1-2H3. The van der Waals surface area contributed by atoms with Gasteiger partial charge in [0.05, 0.1) is 25.3 Å². The van der Waals surface area contributed by atoms with Gasteiger partial charge in [-0.05, 0) is 24.3 Å². The summed E-state index contributed by atoms with van der Waals surface area (Å²) in [6.45, 7) is 0. The highest BCUT2D eigenvalue weighted by Crippen LogP contribution is 2.27. The number of rotatable bonds is 3. The first-order valence-electron chi connectivity index (χ1n) is 6.31. The summed E-state index contributed by atoms with van der Waals surface area (Å²) in [7, 11) is 2.94. The van der Waals surface area contributed by atoms with Gasteiger partial charge in [-0.1, -0.05) is 12.1 Å². The molecule has 0 radical (unpaired) electrons. The molecule has 0 aliphatic carbocycles. The second-order valence-corrected chi connectivity index (χ2v) is 4.35. The number of carbonyl (C=O) groups excluding carboxylic acids is 1. The first kappa shape index (κ1) is 13.1. The summed E-state index contributed by atoms with van der Waals surface area (Å²) in [5.41, 5.74) is 1.85. The zero-order chi connectivity index (χ0) is 14.8. The van der Waals surface area contributed by atoms with Crippen molar-refractivity contribution in [2.45, 2.75) is 0 Å². The maximum Gasteiger partial charge on any atom is 0.339 e. The van der Waals surface area contributed by atoms with Gasteiger partial charge in [0.1, 0.15) is 5.75 Å². The van der Waals surface area contributed by atoms with Crippen molar-refractivity contribution in [3.8, 4) is 17.1 Å². The third kappa shape index (κ3) is 2.31. The van der Waals surface area contributed by atoms with Crippen LogP contribution in [0.1, 0.15) is 10.4 Å². The first-order valence-corrected chi connectivity index (χ1v) is 6.31. The van der Waals surface area contributed by atoms with Gasteiger partial charge in [0.25, 0.3) is 0 Å². The van der Waals surface area contributed by atoms with Gasteiger partial charge in [-0.15, -0.1) is 5.10 Å². The fourth-order valence-electron chi connectivity index (χ4n) is 2.07. The normalized spacial score (nSPS) is 10.6. The number of nitrogens with zero attached hydrogens (tertiary/aromatic N) is 3. The van der Waals surface area contributed by atoms with Crippen molar-refractivity contribution in [3.63, 3.8) is 0 Å². The van der Waals surface area contributed by atoms with Crippen molar-refractivity contribution in [1.29, 1.82) is 0 Å². The lowest BCUT2D eigenvalue weighted by atomic mass is 10.2. The van der Waals surface area contributed by atoms with E-state index < -0.39 is 5.97 Å². The lowest BCUT2D eigenvalue weighted by Gasteiger charge is -2.03. The van der Waals surface area contributed by atoms with Gasteiger partial charge in [0.15, 0.2) is 11.5 Å². The van der Waals surface area contributed by atoms with Crippen LogP contribution >= 0.6 is 0 Å². The number of methoxy groups -OCH3 is 2. The molecule has 21 heavy (non-hydrogen) atoms. The molecule has 0 saturated carbocycles. The van der Waals surface area contributed by atoms with E-state index >= 15 is 0 Å². The molecule has 0 saturated heterocycles. The van der Waals surface area contributed by atoms with Crippen molar-refractivity contribution in [2.75, 3.05) is 14.2 Å². The summed E-state index contributed by atoms with van der Waals surface area (Å²) in [5, 5.41) is 4.39. The van der Waals surface area contributed by atoms with Crippen molar-refractivity contribution in [1.82, 2.24) is 14.6 Å². The molecule has 2 aromatic heterocycles. The van der Waals surface area contributed by atoms with E-state index in [1.54, 1.807) is 30.0 Å². The Balaban J connectivity index is 2.11. The van der Waals surface area contributed by atoms with Crippen LogP contribution in [-0.4, -0.2) is 34.8 Å². The van der Waals surface area contributed by atoms with Gasteiger partial charge >= 0.3 is 5.97 Å². The minimum absolute atomic E-state index is 0.411. The van der Waals surface area contributed by atoms with E-state index in [2.05, 4.69) is 10.1 Å². The molecule has 0 N–H and O–H groups in total. The second-order valence-electron chi connectivity index (χ2n) is 4.35. The number of pyridine rings is 1. The highest BCUT2D eigenvalue weighted by atomic mass is 16.5. The van der Waals surface area contributed by atoms with E-state index in [4.69, 9.17) is 9.47 Å². The minimum atomic E-state index is -0.411. The molecule has 3 aromatic rings. The van der Waals surface area contributed by atoms with Crippen molar-refractivity contribution in [2.24, 2.45) is 0 Å². The SMILES string of the molecule is COC(=O)c1ccc2nc(-c3ccccc3OC)nn2c1. The Labute approximate surface area is 120 Å². The summed E-state index contributed by atoms with van der Waals surface area (Å²) < 4.78 is 11.6. The lowest BCUT2D eigenvalue weighted by molar-refractivity contribution is 0.0600. The Morgan fingerprint density at radius 1 is 1.14 bits per heavy atom. The molecule has 6 heteroatoms. The van der Waals surface area contributed by atoms with E-state index in [0.717, 1.165) is 5.56 Å². The van der Waals surface area contributed by atoms with Crippen LogP contribution in [0.2, 0.25) is 0 Å². The van der Waals surface area contributed by atoms with Crippen LogP contribution in [0.3, 0.4) is 0 Å². The monoisotopic (exact) mass is 283 g/mol. The molecule has 6 nitrogen and oxygen atoms in total. The Morgan fingerprint density at radius 2 is 1.95 bits per heavy atom. The highest BCUT2D eigenvalue weighted by Gasteiger charge is 2.13. The number of esters is 1. The van der Waals surface area contributed by atoms with Crippen LogP contribution < -0.4 is 4.74 Å². The number of benzene rings is 1. The Hall–Kier alpha value is -2.89. The number of para-hydroxylation sites is 1. The van der Waals surface area contributed by atoms with E-state index in [9.17, 15) is 4.79 Å². The van der Waals surface area contributed by atoms with E-state index in [-0.39, 0.29) is 0 Å². The number of aromatic nitrogens is 3. The number of carbonyl (C=O) groups is 1. The summed E-state index contributed by atoms with van der Waals surface area (Å²) >= 11 is 0. The molecule has 2 heterocycles. The maximum absolute atomic E-state index is 11.5. The number of fused-ring (bicyclic) bond motifs is 1. The number of hydrogen-bond donors (Lipinski definition) is 0. The molecule has 0 unspecified atom stereocenters. The first-order chi connectivity index (χ1) is 10.2. The summed E-state index contributed by atoms with van der Waals surface area (Å²) in [5.74, 6) is 0.822. The summed E-state index contributed by atoms with van der Waals surface area (Å²) in [6, 6.07) is 10.9. The van der Waals surface area contributed by atoms with Gasteiger partial charge < -0.3 is 9.47 Å². The average Bonchev–Trinajstić information content (AvgIpc) is 2.96. The zero-order valence-electron chi connectivity index (χ0n) is 11.6. The fourth-order valence-corrected chi connectivity index (χ4v) is 2.07. The quantitative estimate of drug-likeness (QED) is 0.689. The van der Waals surface area contributed by atoms with Crippen LogP contribution in [0.4, 0.5) is 0 Å². The lowest BCUT2D eigenvalue weighted by Crippen LogP contribution is -2.03. The second kappa shape index (κ2) is 5.24. The Bertz CT molecular complexity index is 811. The molecule has 0 spiro atoms. The van der Waals surface area contributed by atoms with Crippen molar-refractivity contribution in [3.05, 3.63) is 48.2 Å². The van der Waals surface area contributed by atoms with Crippen LogP contribution in [-0.2, 0) is 4.74 Å². The Morgan fingerprint density at radius 3 is 2.71 bits per heavy atom. The average molecular weight is 283 g/mol. The number of ether oxygens (including phenoxy) is 2. The topological polar surface area (TPSA) is 65.7 Å². The Kier molecular flexibility index (Phi) is 3.27. The van der Waals surface area contributed by atoms with Crippen LogP contribution in [0.15, 0.2) is 42.6 Å². The van der Waals surface area contributed by atoms with E-state index in [0.29, 0.717) is 22.8 Å². The molecule has 0 atom stereocenters. The van der Waals surface area contributed by atoms with Gasteiger partial charge in [-0.3, -0.25) is 0 Å². The zero-order valence-corrected chi connectivity index (χ0v) is 11.6. The molecule has 0 aliphatic heterocycles. The smallest absolute Gasteiger partial charge is 0.339 e. The molecular formula is C15H13N3O3. The van der Waals surface area contributed by atoms with Crippen molar-refractivity contribution < 1.29 is 14.3 Å². The third-order valence-electron chi connectivity index (χ3n) is 3.10. The maximum atomic E-state index is 11.5. The van der Waals surface area contributed by atoms with Crippen LogP contribution in [0.5, 0.6) is 5.75 Å².